The zero-order valence-corrected chi connectivity index (χ0v) is 20.6. The van der Waals surface area contributed by atoms with Crippen LogP contribution in [-0.2, 0) is 24.3 Å². The number of furan rings is 1. The first-order chi connectivity index (χ1) is 18.1. The van der Waals surface area contributed by atoms with Crippen LogP contribution in [0.5, 0.6) is 0 Å². The highest BCUT2D eigenvalue weighted by atomic mass is 16.3. The predicted octanol–water partition coefficient (Wildman–Crippen LogP) is 5.87. The number of para-hydroxylation sites is 3. The molecule has 0 bridgehead atoms. The second kappa shape index (κ2) is 9.56. The van der Waals surface area contributed by atoms with Gasteiger partial charge >= 0.3 is 0 Å². The average molecular weight is 489 g/mol. The lowest BCUT2D eigenvalue weighted by atomic mass is 9.91. The van der Waals surface area contributed by atoms with E-state index in [9.17, 15) is 4.79 Å². The molecule has 1 amide bonds. The van der Waals surface area contributed by atoms with Gasteiger partial charge in [0.15, 0.2) is 0 Å². The molecule has 184 valence electrons. The Morgan fingerprint density at radius 1 is 0.946 bits per heavy atom. The summed E-state index contributed by atoms with van der Waals surface area (Å²) in [5, 5.41) is 9.87. The largest absolute Gasteiger partial charge is 0.460 e. The molecule has 0 fully saturated rings. The van der Waals surface area contributed by atoms with Gasteiger partial charge < -0.3 is 14.7 Å². The highest BCUT2D eigenvalue weighted by Crippen LogP contribution is 2.25. The van der Waals surface area contributed by atoms with Gasteiger partial charge in [-0.15, -0.1) is 0 Å². The quantitative estimate of drug-likeness (QED) is 0.250. The number of hydrogen-bond donors (Lipinski definition) is 3. The third-order valence-corrected chi connectivity index (χ3v) is 6.95. The number of nitrogens with one attached hydrogen (secondary N) is 3. The van der Waals surface area contributed by atoms with Crippen molar-refractivity contribution < 1.29 is 9.21 Å². The van der Waals surface area contributed by atoms with Crippen LogP contribution in [0.15, 0.2) is 102 Å². The second-order valence-electron chi connectivity index (χ2n) is 9.69. The maximum atomic E-state index is 13.7. The van der Waals surface area contributed by atoms with E-state index in [4.69, 9.17) is 4.42 Å². The van der Waals surface area contributed by atoms with Crippen LogP contribution >= 0.6 is 0 Å². The third kappa shape index (κ3) is 4.71. The van der Waals surface area contributed by atoms with Gasteiger partial charge in [-0.05, 0) is 48.4 Å². The van der Waals surface area contributed by atoms with Crippen molar-refractivity contribution in [1.29, 1.82) is 0 Å². The second-order valence-corrected chi connectivity index (χ2v) is 9.69. The van der Waals surface area contributed by atoms with Crippen LogP contribution in [0.1, 0.15) is 23.8 Å². The number of benzene rings is 3. The standard InChI is InChI=1S/C31H28N4O2/c1-31(16-24-19-33-28-12-6-4-10-26(24)28,35-20-25-15-23-9-3-7-13-29(23)37-25)30(36)34-18-21-14-22-8-2-5-11-27(22)32-17-21/h2-15,17,19,33,35H,16,18,20H2,1H3,(H,34,36). The highest BCUT2D eigenvalue weighted by molar-refractivity contribution is 5.89. The number of amides is 1. The molecule has 0 aliphatic carbocycles. The first-order valence-corrected chi connectivity index (χ1v) is 12.5. The van der Waals surface area contributed by atoms with Crippen molar-refractivity contribution in [3.05, 3.63) is 114 Å². The van der Waals surface area contributed by atoms with E-state index < -0.39 is 5.54 Å². The van der Waals surface area contributed by atoms with Crippen LogP contribution in [0.2, 0.25) is 0 Å². The first kappa shape index (κ1) is 23.0. The van der Waals surface area contributed by atoms with E-state index in [0.29, 0.717) is 19.5 Å². The van der Waals surface area contributed by atoms with Gasteiger partial charge in [0.1, 0.15) is 11.3 Å². The highest BCUT2D eigenvalue weighted by Gasteiger charge is 2.34. The molecule has 37 heavy (non-hydrogen) atoms. The average Bonchev–Trinajstić information content (AvgIpc) is 3.54. The van der Waals surface area contributed by atoms with Crippen molar-refractivity contribution in [2.24, 2.45) is 0 Å². The maximum absolute atomic E-state index is 13.7. The molecule has 6 heteroatoms. The number of H-pyrrole nitrogens is 1. The Labute approximate surface area is 214 Å². The number of carbonyl (C=O) groups excluding carboxylic acids is 1. The smallest absolute Gasteiger partial charge is 0.240 e. The minimum Gasteiger partial charge on any atom is -0.460 e. The lowest BCUT2D eigenvalue weighted by molar-refractivity contribution is -0.127. The Hall–Kier alpha value is -4.42. The summed E-state index contributed by atoms with van der Waals surface area (Å²) < 4.78 is 6.01. The number of pyridine rings is 1. The SMILES string of the molecule is CC(Cc1c[nH]c2ccccc12)(NCc1cc2ccccc2o1)C(=O)NCc1cnc2ccccc2c1. The molecule has 3 aromatic carbocycles. The Bertz CT molecular complexity index is 1680. The number of fused-ring (bicyclic) bond motifs is 3. The molecule has 6 aromatic rings. The first-order valence-electron chi connectivity index (χ1n) is 12.5. The van der Waals surface area contributed by atoms with Crippen LogP contribution in [0, 0.1) is 0 Å². The molecular formula is C31H28N4O2. The van der Waals surface area contributed by atoms with Crippen molar-refractivity contribution in [3.8, 4) is 0 Å². The van der Waals surface area contributed by atoms with E-state index in [-0.39, 0.29) is 5.91 Å². The van der Waals surface area contributed by atoms with E-state index in [1.165, 1.54) is 0 Å². The van der Waals surface area contributed by atoms with Crippen LogP contribution in [0.25, 0.3) is 32.8 Å². The number of carbonyl (C=O) groups is 1. The fourth-order valence-electron chi connectivity index (χ4n) is 4.88. The normalized spacial score (nSPS) is 13.2. The summed E-state index contributed by atoms with van der Waals surface area (Å²) in [6.07, 6.45) is 4.33. The molecule has 3 heterocycles. The van der Waals surface area contributed by atoms with Crippen LogP contribution in [-0.4, -0.2) is 21.4 Å². The summed E-state index contributed by atoms with van der Waals surface area (Å²) in [5.74, 6) is 0.708. The van der Waals surface area contributed by atoms with Crippen LogP contribution in [0.4, 0.5) is 0 Å². The van der Waals surface area contributed by atoms with Gasteiger partial charge in [-0.2, -0.15) is 0 Å². The fraction of sp³-hybridized carbons (Fsp3) is 0.161. The van der Waals surface area contributed by atoms with Gasteiger partial charge in [-0.3, -0.25) is 15.1 Å². The molecule has 6 nitrogen and oxygen atoms in total. The molecule has 1 unspecified atom stereocenters. The summed E-state index contributed by atoms with van der Waals surface area (Å²) in [6.45, 7) is 2.77. The number of aromatic amines is 1. The number of rotatable bonds is 8. The lowest BCUT2D eigenvalue weighted by Crippen LogP contribution is -2.55. The maximum Gasteiger partial charge on any atom is 0.240 e. The summed E-state index contributed by atoms with van der Waals surface area (Å²) in [5.41, 5.74) is 3.99. The number of nitrogens with zero attached hydrogens (tertiary/aromatic N) is 1. The van der Waals surface area contributed by atoms with Crippen molar-refractivity contribution in [2.45, 2.75) is 32.0 Å². The van der Waals surface area contributed by atoms with Crippen LogP contribution < -0.4 is 10.6 Å². The van der Waals surface area contributed by atoms with Gasteiger partial charge in [0, 0.05) is 47.0 Å². The molecule has 0 radical (unpaired) electrons. The zero-order chi connectivity index (χ0) is 25.2. The van der Waals surface area contributed by atoms with Gasteiger partial charge in [0.25, 0.3) is 0 Å². The monoisotopic (exact) mass is 488 g/mol. The third-order valence-electron chi connectivity index (χ3n) is 6.95. The van der Waals surface area contributed by atoms with Crippen molar-refractivity contribution >= 4 is 38.7 Å². The molecule has 6 rings (SSSR count). The van der Waals surface area contributed by atoms with E-state index in [1.54, 1.807) is 0 Å². The summed E-state index contributed by atoms with van der Waals surface area (Å²) >= 11 is 0. The topological polar surface area (TPSA) is 83.0 Å². The molecule has 0 saturated carbocycles. The minimum atomic E-state index is -0.881. The van der Waals surface area contributed by atoms with Crippen molar-refractivity contribution in [1.82, 2.24) is 20.6 Å². The van der Waals surface area contributed by atoms with Gasteiger partial charge in [0.05, 0.1) is 17.6 Å². The van der Waals surface area contributed by atoms with Crippen LogP contribution in [0.3, 0.4) is 0 Å². The minimum absolute atomic E-state index is 0.0814. The molecule has 3 N–H and O–H groups in total. The Morgan fingerprint density at radius 2 is 1.73 bits per heavy atom. The predicted molar refractivity (Wildman–Crippen MR) is 147 cm³/mol. The molecule has 0 saturated heterocycles. The Morgan fingerprint density at radius 3 is 2.62 bits per heavy atom. The van der Waals surface area contributed by atoms with Gasteiger partial charge in [-0.25, -0.2) is 0 Å². The number of hydrogen-bond acceptors (Lipinski definition) is 4. The summed E-state index contributed by atoms with van der Waals surface area (Å²) in [4.78, 5) is 21.6. The molecule has 1 atom stereocenters. The molecular weight excluding hydrogens is 460 g/mol. The molecule has 3 aromatic heterocycles. The Balaban J connectivity index is 1.25. The summed E-state index contributed by atoms with van der Waals surface area (Å²) in [7, 11) is 0. The number of aromatic nitrogens is 2. The van der Waals surface area contributed by atoms with E-state index in [2.05, 4.69) is 32.7 Å². The van der Waals surface area contributed by atoms with Gasteiger partial charge in [-0.1, -0.05) is 54.6 Å². The molecule has 0 aliphatic heterocycles. The van der Waals surface area contributed by atoms with E-state index in [0.717, 1.165) is 49.7 Å². The van der Waals surface area contributed by atoms with Crippen molar-refractivity contribution in [2.75, 3.05) is 0 Å². The van der Waals surface area contributed by atoms with Crippen molar-refractivity contribution in [3.63, 3.8) is 0 Å². The lowest BCUT2D eigenvalue weighted by Gasteiger charge is -2.29. The fourth-order valence-corrected chi connectivity index (χ4v) is 4.88. The van der Waals surface area contributed by atoms with E-state index in [1.807, 2.05) is 92.1 Å². The van der Waals surface area contributed by atoms with Gasteiger partial charge in [0.2, 0.25) is 5.91 Å². The van der Waals surface area contributed by atoms with E-state index >= 15 is 0 Å². The molecule has 0 aliphatic rings. The Kier molecular flexibility index (Phi) is 5.94. The summed E-state index contributed by atoms with van der Waals surface area (Å²) in [6, 6.07) is 28.2. The zero-order valence-electron chi connectivity index (χ0n) is 20.6. The molecule has 0 spiro atoms.